The number of nitrogens with one attached hydrogen (secondary N) is 1. The Morgan fingerprint density at radius 3 is 2.67 bits per heavy atom. The van der Waals surface area contributed by atoms with Crippen LogP contribution in [0.1, 0.15) is 63.0 Å². The standard InChI is InChI=1S/C21H29N3O3/c1-14(2)24-21(26)17-10-6-5-9-16(17)19(23-24)20(25)22-12-13-27-18-11-7-4-8-15(18)3/h5-6,9-10,14-15,18H,4,7-8,11-13H2,1-3H3,(H,22,25). The van der Waals surface area contributed by atoms with Gasteiger partial charge in [-0.1, -0.05) is 38.0 Å². The van der Waals surface area contributed by atoms with Crippen LogP contribution in [-0.4, -0.2) is 34.9 Å². The summed E-state index contributed by atoms with van der Waals surface area (Å²) in [6.45, 7) is 6.91. The van der Waals surface area contributed by atoms with E-state index in [0.717, 1.165) is 6.42 Å². The molecule has 0 saturated heterocycles. The molecule has 3 rings (SSSR count). The molecule has 1 N–H and O–H groups in total. The maximum atomic E-state index is 12.7. The molecule has 6 nitrogen and oxygen atoms in total. The van der Waals surface area contributed by atoms with Crippen LogP contribution in [0.2, 0.25) is 0 Å². The average molecular weight is 371 g/mol. The van der Waals surface area contributed by atoms with Crippen molar-refractivity contribution in [3.05, 3.63) is 40.3 Å². The summed E-state index contributed by atoms with van der Waals surface area (Å²) in [5.41, 5.74) is 0.108. The van der Waals surface area contributed by atoms with E-state index in [2.05, 4.69) is 17.3 Å². The van der Waals surface area contributed by atoms with E-state index < -0.39 is 0 Å². The Kier molecular flexibility index (Phi) is 6.26. The van der Waals surface area contributed by atoms with Crippen molar-refractivity contribution in [2.75, 3.05) is 13.2 Å². The number of aromatic nitrogens is 2. The summed E-state index contributed by atoms with van der Waals surface area (Å²) >= 11 is 0. The van der Waals surface area contributed by atoms with Gasteiger partial charge in [0.2, 0.25) is 0 Å². The number of hydrogen-bond donors (Lipinski definition) is 1. The van der Waals surface area contributed by atoms with Crippen molar-refractivity contribution >= 4 is 16.7 Å². The topological polar surface area (TPSA) is 73.2 Å². The van der Waals surface area contributed by atoms with Gasteiger partial charge < -0.3 is 10.1 Å². The normalized spacial score (nSPS) is 20.1. The van der Waals surface area contributed by atoms with Gasteiger partial charge in [-0.15, -0.1) is 0 Å². The second-order valence-electron chi connectivity index (χ2n) is 7.66. The van der Waals surface area contributed by atoms with E-state index in [4.69, 9.17) is 4.74 Å². The molecule has 2 unspecified atom stereocenters. The van der Waals surface area contributed by atoms with Crippen LogP contribution in [0.3, 0.4) is 0 Å². The fourth-order valence-electron chi connectivity index (χ4n) is 3.71. The molecule has 0 bridgehead atoms. The monoisotopic (exact) mass is 371 g/mol. The number of hydrogen-bond acceptors (Lipinski definition) is 4. The molecule has 1 aromatic carbocycles. The van der Waals surface area contributed by atoms with Crippen LogP contribution >= 0.6 is 0 Å². The van der Waals surface area contributed by atoms with Gasteiger partial charge in [0.15, 0.2) is 5.69 Å². The molecule has 146 valence electrons. The largest absolute Gasteiger partial charge is 0.376 e. The van der Waals surface area contributed by atoms with Gasteiger partial charge in [-0.05, 0) is 38.7 Å². The summed E-state index contributed by atoms with van der Waals surface area (Å²) in [6, 6.07) is 7.00. The van der Waals surface area contributed by atoms with E-state index >= 15 is 0 Å². The molecule has 1 heterocycles. The predicted octanol–water partition coefficient (Wildman–Crippen LogP) is 3.30. The highest BCUT2D eigenvalue weighted by Gasteiger charge is 2.22. The first-order valence-corrected chi connectivity index (χ1v) is 9.90. The van der Waals surface area contributed by atoms with Gasteiger partial charge >= 0.3 is 0 Å². The molecule has 1 aliphatic rings. The van der Waals surface area contributed by atoms with E-state index in [0.29, 0.717) is 29.8 Å². The number of nitrogens with zero attached hydrogens (tertiary/aromatic N) is 2. The van der Waals surface area contributed by atoms with Crippen molar-refractivity contribution < 1.29 is 9.53 Å². The number of rotatable bonds is 6. The van der Waals surface area contributed by atoms with E-state index in [1.165, 1.54) is 23.9 Å². The molecule has 1 aliphatic carbocycles. The number of amides is 1. The Bertz CT molecular complexity index is 859. The Hall–Kier alpha value is -2.21. The zero-order valence-corrected chi connectivity index (χ0v) is 16.4. The van der Waals surface area contributed by atoms with E-state index in [1.54, 1.807) is 18.2 Å². The van der Waals surface area contributed by atoms with Gasteiger partial charge in [-0.25, -0.2) is 4.68 Å². The number of carbonyl (C=O) groups excluding carboxylic acids is 1. The van der Waals surface area contributed by atoms with Crippen molar-refractivity contribution in [1.29, 1.82) is 0 Å². The highest BCUT2D eigenvalue weighted by molar-refractivity contribution is 6.04. The minimum Gasteiger partial charge on any atom is -0.376 e. The lowest BCUT2D eigenvalue weighted by Crippen LogP contribution is -2.34. The first-order chi connectivity index (χ1) is 13.0. The smallest absolute Gasteiger partial charge is 0.274 e. The SMILES string of the molecule is CC1CCCCC1OCCNC(=O)c1nn(C(C)C)c(=O)c2ccccc12. The number of benzene rings is 1. The number of carbonyl (C=O) groups is 1. The van der Waals surface area contributed by atoms with Crippen molar-refractivity contribution in [2.24, 2.45) is 5.92 Å². The second-order valence-corrected chi connectivity index (χ2v) is 7.66. The zero-order valence-electron chi connectivity index (χ0n) is 16.4. The number of ether oxygens (including phenoxy) is 1. The third-order valence-corrected chi connectivity index (χ3v) is 5.28. The van der Waals surface area contributed by atoms with Gasteiger partial charge in [0.1, 0.15) is 0 Å². The summed E-state index contributed by atoms with van der Waals surface area (Å²) in [4.78, 5) is 25.3. The van der Waals surface area contributed by atoms with Crippen LogP contribution in [0.5, 0.6) is 0 Å². The number of fused-ring (bicyclic) bond motifs is 1. The quantitative estimate of drug-likeness (QED) is 0.791. The van der Waals surface area contributed by atoms with Crippen LogP contribution in [0.15, 0.2) is 29.1 Å². The van der Waals surface area contributed by atoms with Crippen molar-refractivity contribution in [2.45, 2.75) is 58.6 Å². The highest BCUT2D eigenvalue weighted by Crippen LogP contribution is 2.26. The molecular formula is C21H29N3O3. The molecule has 1 fully saturated rings. The van der Waals surface area contributed by atoms with Gasteiger partial charge in [0.05, 0.1) is 24.1 Å². The summed E-state index contributed by atoms with van der Waals surface area (Å²) in [5.74, 6) is 0.301. The average Bonchev–Trinajstić information content (AvgIpc) is 2.66. The first-order valence-electron chi connectivity index (χ1n) is 9.90. The lowest BCUT2D eigenvalue weighted by molar-refractivity contribution is -0.00295. The molecular weight excluding hydrogens is 342 g/mol. The van der Waals surface area contributed by atoms with Crippen LogP contribution in [0.25, 0.3) is 10.8 Å². The fourth-order valence-corrected chi connectivity index (χ4v) is 3.71. The van der Waals surface area contributed by atoms with E-state index in [9.17, 15) is 9.59 Å². The van der Waals surface area contributed by atoms with E-state index in [-0.39, 0.29) is 29.3 Å². The molecule has 27 heavy (non-hydrogen) atoms. The third kappa shape index (κ3) is 4.38. The molecule has 6 heteroatoms. The Morgan fingerprint density at radius 1 is 1.26 bits per heavy atom. The molecule has 1 amide bonds. The van der Waals surface area contributed by atoms with Crippen LogP contribution in [-0.2, 0) is 4.74 Å². The van der Waals surface area contributed by atoms with Crippen molar-refractivity contribution in [3.63, 3.8) is 0 Å². The molecule has 0 radical (unpaired) electrons. The molecule has 2 atom stereocenters. The molecule has 0 spiro atoms. The lowest BCUT2D eigenvalue weighted by Gasteiger charge is -2.28. The molecule has 2 aromatic rings. The second kappa shape index (κ2) is 8.65. The van der Waals surface area contributed by atoms with Crippen LogP contribution in [0.4, 0.5) is 0 Å². The minimum absolute atomic E-state index is 0.121. The third-order valence-electron chi connectivity index (χ3n) is 5.28. The van der Waals surface area contributed by atoms with Crippen molar-refractivity contribution in [1.82, 2.24) is 15.1 Å². The Morgan fingerprint density at radius 2 is 1.96 bits per heavy atom. The van der Waals surface area contributed by atoms with Gasteiger partial charge in [-0.3, -0.25) is 9.59 Å². The predicted molar refractivity (Wildman–Crippen MR) is 106 cm³/mol. The summed E-state index contributed by atoms with van der Waals surface area (Å²) in [7, 11) is 0. The Labute approximate surface area is 159 Å². The van der Waals surface area contributed by atoms with Gasteiger partial charge in [0.25, 0.3) is 11.5 Å². The first kappa shape index (κ1) is 19.5. The molecule has 0 aliphatic heterocycles. The maximum absolute atomic E-state index is 12.7. The van der Waals surface area contributed by atoms with Crippen LogP contribution < -0.4 is 10.9 Å². The van der Waals surface area contributed by atoms with Crippen molar-refractivity contribution in [3.8, 4) is 0 Å². The van der Waals surface area contributed by atoms with Gasteiger partial charge in [-0.2, -0.15) is 5.10 Å². The fraction of sp³-hybridized carbons (Fsp3) is 0.571. The molecule has 1 saturated carbocycles. The van der Waals surface area contributed by atoms with Crippen LogP contribution in [0, 0.1) is 5.92 Å². The molecule has 1 aromatic heterocycles. The Balaban J connectivity index is 1.70. The zero-order chi connectivity index (χ0) is 19.4. The lowest BCUT2D eigenvalue weighted by atomic mass is 9.88. The summed E-state index contributed by atoms with van der Waals surface area (Å²) < 4.78 is 7.33. The van der Waals surface area contributed by atoms with Gasteiger partial charge in [0, 0.05) is 11.9 Å². The maximum Gasteiger partial charge on any atom is 0.274 e. The minimum atomic E-state index is -0.277. The highest BCUT2D eigenvalue weighted by atomic mass is 16.5. The summed E-state index contributed by atoms with van der Waals surface area (Å²) in [5, 5.41) is 8.32. The van der Waals surface area contributed by atoms with E-state index in [1.807, 2.05) is 19.9 Å². The summed E-state index contributed by atoms with van der Waals surface area (Å²) in [6.07, 6.45) is 5.10.